The molecule has 124 valence electrons. The molecule has 0 saturated heterocycles. The van der Waals surface area contributed by atoms with E-state index in [9.17, 15) is 0 Å². The molecule has 2 rings (SSSR count). The Balaban J connectivity index is 1.69. The van der Waals surface area contributed by atoms with Crippen molar-refractivity contribution < 1.29 is 14.2 Å². The van der Waals surface area contributed by atoms with Crippen LogP contribution in [0, 0.1) is 5.92 Å². The van der Waals surface area contributed by atoms with E-state index in [2.05, 4.69) is 12.2 Å². The molecule has 0 atom stereocenters. The number of hydrogen-bond donors (Lipinski definition) is 1. The number of hydrogen-bond acceptors (Lipinski definition) is 4. The molecule has 0 aromatic rings. The molecule has 0 bridgehead atoms. The first kappa shape index (κ1) is 17.2. The van der Waals surface area contributed by atoms with Gasteiger partial charge in [0.25, 0.3) is 0 Å². The molecule has 0 heterocycles. The van der Waals surface area contributed by atoms with Crippen LogP contribution >= 0.6 is 0 Å². The lowest BCUT2D eigenvalue weighted by Crippen LogP contribution is -2.47. The third-order valence-corrected chi connectivity index (χ3v) is 4.95. The molecule has 2 aliphatic rings. The van der Waals surface area contributed by atoms with Gasteiger partial charge in [0.15, 0.2) is 0 Å². The number of methoxy groups -OCH3 is 1. The molecule has 0 unspecified atom stereocenters. The van der Waals surface area contributed by atoms with Crippen molar-refractivity contribution in [3.05, 3.63) is 0 Å². The molecule has 0 spiro atoms. The van der Waals surface area contributed by atoms with Crippen molar-refractivity contribution >= 4 is 0 Å². The molecule has 2 aliphatic carbocycles. The Labute approximate surface area is 129 Å². The Bertz CT molecular complexity index is 273. The summed E-state index contributed by atoms with van der Waals surface area (Å²) in [5, 5.41) is 3.68. The highest BCUT2D eigenvalue weighted by molar-refractivity contribution is 4.92. The zero-order chi connectivity index (χ0) is 15.0. The summed E-state index contributed by atoms with van der Waals surface area (Å²) >= 11 is 0. The van der Waals surface area contributed by atoms with Crippen LogP contribution in [0.3, 0.4) is 0 Å². The summed E-state index contributed by atoms with van der Waals surface area (Å²) in [5.41, 5.74) is 0.0544. The van der Waals surface area contributed by atoms with Crippen LogP contribution in [-0.4, -0.2) is 51.7 Å². The molecular weight excluding hydrogens is 266 g/mol. The molecular formula is C17H33NO3. The van der Waals surface area contributed by atoms with Gasteiger partial charge in [0.05, 0.1) is 32.0 Å². The third-order valence-electron chi connectivity index (χ3n) is 4.95. The summed E-state index contributed by atoms with van der Waals surface area (Å²) in [7, 11) is 1.70. The molecule has 1 N–H and O–H groups in total. The zero-order valence-electron chi connectivity index (χ0n) is 13.9. The molecule has 2 saturated carbocycles. The van der Waals surface area contributed by atoms with Crippen molar-refractivity contribution in [2.75, 3.05) is 40.1 Å². The molecule has 0 aromatic carbocycles. The van der Waals surface area contributed by atoms with E-state index in [1.807, 2.05) is 0 Å². The van der Waals surface area contributed by atoms with Crippen LogP contribution in [0.4, 0.5) is 0 Å². The second-order valence-electron chi connectivity index (χ2n) is 6.64. The highest BCUT2D eigenvalue weighted by Gasteiger charge is 2.37. The largest absolute Gasteiger partial charge is 0.382 e. The van der Waals surface area contributed by atoms with Gasteiger partial charge in [-0.3, -0.25) is 0 Å². The van der Waals surface area contributed by atoms with Gasteiger partial charge in [0.1, 0.15) is 0 Å². The van der Waals surface area contributed by atoms with Crippen LogP contribution in [0.1, 0.15) is 51.9 Å². The van der Waals surface area contributed by atoms with E-state index in [0.29, 0.717) is 26.4 Å². The maximum absolute atomic E-state index is 6.29. The lowest BCUT2D eigenvalue weighted by molar-refractivity contribution is -0.0947. The highest BCUT2D eigenvalue weighted by Crippen LogP contribution is 2.36. The van der Waals surface area contributed by atoms with E-state index < -0.39 is 0 Å². The van der Waals surface area contributed by atoms with Gasteiger partial charge in [-0.15, -0.1) is 0 Å². The van der Waals surface area contributed by atoms with Gasteiger partial charge < -0.3 is 19.5 Å². The van der Waals surface area contributed by atoms with Gasteiger partial charge in [-0.1, -0.05) is 13.3 Å². The predicted molar refractivity (Wildman–Crippen MR) is 84.7 cm³/mol. The standard InChI is InChI=1S/C17H33NO3/c1-3-15-6-8-17(9-7-15,14-18-16-4-5-16)21-13-12-20-11-10-19-2/h15-16,18H,3-14H2,1-2H3. The van der Waals surface area contributed by atoms with Gasteiger partial charge >= 0.3 is 0 Å². The van der Waals surface area contributed by atoms with Crippen LogP contribution < -0.4 is 5.32 Å². The normalized spacial score (nSPS) is 29.7. The summed E-state index contributed by atoms with van der Waals surface area (Å²) in [6, 6.07) is 0.757. The lowest BCUT2D eigenvalue weighted by atomic mass is 9.77. The minimum absolute atomic E-state index is 0.0544. The maximum Gasteiger partial charge on any atom is 0.0807 e. The van der Waals surface area contributed by atoms with E-state index in [1.165, 1.54) is 44.9 Å². The van der Waals surface area contributed by atoms with Crippen LogP contribution in [0.5, 0.6) is 0 Å². The fourth-order valence-corrected chi connectivity index (χ4v) is 3.16. The number of nitrogens with one attached hydrogen (secondary N) is 1. The summed E-state index contributed by atoms with van der Waals surface area (Å²) in [6.07, 6.45) is 9.02. The van der Waals surface area contributed by atoms with Crippen molar-refractivity contribution in [1.29, 1.82) is 0 Å². The fraction of sp³-hybridized carbons (Fsp3) is 1.00. The van der Waals surface area contributed by atoms with Crippen molar-refractivity contribution in [3.63, 3.8) is 0 Å². The van der Waals surface area contributed by atoms with E-state index in [1.54, 1.807) is 7.11 Å². The quantitative estimate of drug-likeness (QED) is 0.596. The minimum atomic E-state index is 0.0544. The monoisotopic (exact) mass is 299 g/mol. The molecule has 0 radical (unpaired) electrons. The van der Waals surface area contributed by atoms with Crippen molar-refractivity contribution in [3.8, 4) is 0 Å². The fourth-order valence-electron chi connectivity index (χ4n) is 3.16. The average Bonchev–Trinajstić information content (AvgIpc) is 3.34. The Hall–Kier alpha value is -0.160. The molecule has 0 amide bonds. The van der Waals surface area contributed by atoms with Crippen molar-refractivity contribution in [1.82, 2.24) is 5.32 Å². The van der Waals surface area contributed by atoms with Crippen LogP contribution in [-0.2, 0) is 14.2 Å². The van der Waals surface area contributed by atoms with Crippen LogP contribution in [0.2, 0.25) is 0 Å². The lowest BCUT2D eigenvalue weighted by Gasteiger charge is -2.40. The van der Waals surface area contributed by atoms with E-state index in [-0.39, 0.29) is 5.60 Å². The Kier molecular flexibility index (Phi) is 7.44. The van der Waals surface area contributed by atoms with Gasteiger partial charge in [-0.25, -0.2) is 0 Å². The smallest absolute Gasteiger partial charge is 0.0807 e. The van der Waals surface area contributed by atoms with Crippen molar-refractivity contribution in [2.24, 2.45) is 5.92 Å². The Morgan fingerprint density at radius 1 is 1.00 bits per heavy atom. The predicted octanol–water partition coefficient (Wildman–Crippen LogP) is 2.76. The molecule has 4 heteroatoms. The third kappa shape index (κ3) is 6.23. The Morgan fingerprint density at radius 2 is 1.71 bits per heavy atom. The van der Waals surface area contributed by atoms with Gasteiger partial charge in [-0.2, -0.15) is 0 Å². The average molecular weight is 299 g/mol. The first-order valence-corrected chi connectivity index (χ1v) is 8.72. The molecule has 0 aliphatic heterocycles. The first-order valence-electron chi connectivity index (χ1n) is 8.72. The second kappa shape index (κ2) is 9.09. The molecule has 0 aromatic heterocycles. The number of rotatable bonds is 11. The van der Waals surface area contributed by atoms with Crippen LogP contribution in [0.15, 0.2) is 0 Å². The summed E-state index contributed by atoms with van der Waals surface area (Å²) in [4.78, 5) is 0. The summed E-state index contributed by atoms with van der Waals surface area (Å²) in [5.74, 6) is 0.903. The van der Waals surface area contributed by atoms with Crippen LogP contribution in [0.25, 0.3) is 0 Å². The molecule has 4 nitrogen and oxygen atoms in total. The first-order chi connectivity index (χ1) is 10.3. The zero-order valence-corrected chi connectivity index (χ0v) is 13.9. The van der Waals surface area contributed by atoms with Gasteiger partial charge in [-0.05, 0) is 44.4 Å². The van der Waals surface area contributed by atoms with E-state index >= 15 is 0 Å². The Morgan fingerprint density at radius 3 is 2.33 bits per heavy atom. The SMILES string of the molecule is CCC1CCC(CNC2CC2)(OCCOCCOC)CC1. The van der Waals surface area contributed by atoms with Gasteiger partial charge in [0.2, 0.25) is 0 Å². The second-order valence-corrected chi connectivity index (χ2v) is 6.64. The molecule has 2 fully saturated rings. The summed E-state index contributed by atoms with van der Waals surface area (Å²) in [6.45, 7) is 6.02. The minimum Gasteiger partial charge on any atom is -0.382 e. The highest BCUT2D eigenvalue weighted by atomic mass is 16.5. The summed E-state index contributed by atoms with van der Waals surface area (Å²) < 4.78 is 16.8. The van der Waals surface area contributed by atoms with E-state index in [4.69, 9.17) is 14.2 Å². The van der Waals surface area contributed by atoms with Gasteiger partial charge in [0, 0.05) is 19.7 Å². The van der Waals surface area contributed by atoms with E-state index in [0.717, 1.165) is 18.5 Å². The maximum atomic E-state index is 6.29. The topological polar surface area (TPSA) is 39.7 Å². The number of ether oxygens (including phenoxy) is 3. The van der Waals surface area contributed by atoms with Crippen molar-refractivity contribution in [2.45, 2.75) is 63.5 Å². The molecule has 21 heavy (non-hydrogen) atoms.